The van der Waals surface area contributed by atoms with Gasteiger partial charge in [-0.1, -0.05) is 38.0 Å². The Morgan fingerprint density at radius 3 is 2.52 bits per heavy atom. The van der Waals surface area contributed by atoms with Crippen LogP contribution in [0.1, 0.15) is 66.1 Å². The van der Waals surface area contributed by atoms with E-state index in [4.69, 9.17) is 4.74 Å². The quantitative estimate of drug-likeness (QED) is 0.477. The summed E-state index contributed by atoms with van der Waals surface area (Å²) in [5.41, 5.74) is 2.04. The van der Waals surface area contributed by atoms with Crippen molar-refractivity contribution in [2.75, 3.05) is 13.1 Å². The van der Waals surface area contributed by atoms with E-state index in [1.807, 2.05) is 25.1 Å². The van der Waals surface area contributed by atoms with Gasteiger partial charge in [0.1, 0.15) is 18.1 Å². The highest BCUT2D eigenvalue weighted by Gasteiger charge is 2.37. The van der Waals surface area contributed by atoms with Gasteiger partial charge in [0.25, 0.3) is 0 Å². The lowest BCUT2D eigenvalue weighted by molar-refractivity contribution is -0.142. The number of nitrogens with zero attached hydrogens (tertiary/aromatic N) is 2. The Balaban J connectivity index is 1.40. The number of benzene rings is 1. The number of ether oxygens (including phenoxy) is 1. The number of hydrogen-bond acceptors (Lipinski definition) is 4. The number of halogens is 3. The summed E-state index contributed by atoms with van der Waals surface area (Å²) in [6.07, 6.45) is 0.137. The Morgan fingerprint density at radius 2 is 1.88 bits per heavy atom. The van der Waals surface area contributed by atoms with E-state index in [0.29, 0.717) is 11.3 Å². The average molecular weight is 461 g/mol. The highest BCUT2D eigenvalue weighted by Crippen LogP contribution is 2.40. The molecule has 0 radical (unpaired) electrons. The van der Waals surface area contributed by atoms with Crippen LogP contribution in [0.25, 0.3) is 0 Å². The molecule has 0 bridgehead atoms. The lowest BCUT2D eigenvalue weighted by Crippen LogP contribution is -2.46. The van der Waals surface area contributed by atoms with Gasteiger partial charge in [0.05, 0.1) is 11.5 Å². The second kappa shape index (κ2) is 9.75. The van der Waals surface area contributed by atoms with Gasteiger partial charge in [-0.25, -0.2) is 4.98 Å². The van der Waals surface area contributed by atoms with Gasteiger partial charge in [-0.05, 0) is 60.6 Å². The summed E-state index contributed by atoms with van der Waals surface area (Å²) in [5.74, 6) is 0.922. The normalized spacial score (nSPS) is 18.2. The van der Waals surface area contributed by atoms with E-state index in [1.54, 1.807) is 12.1 Å². The lowest BCUT2D eigenvalue weighted by atomic mass is 9.83. The van der Waals surface area contributed by atoms with Crippen LogP contribution in [0, 0.1) is 12.8 Å². The van der Waals surface area contributed by atoms with Crippen molar-refractivity contribution in [1.29, 1.82) is 0 Å². The van der Waals surface area contributed by atoms with Gasteiger partial charge in [0.2, 0.25) is 0 Å². The van der Waals surface area contributed by atoms with Gasteiger partial charge in [-0.2, -0.15) is 13.2 Å². The maximum atomic E-state index is 13.7. The molecule has 2 aromatic rings. The first-order chi connectivity index (χ1) is 15.7. The number of aliphatic hydroxyl groups is 1. The smallest absolute Gasteiger partial charge is 0.433 e. The molecule has 2 aliphatic rings. The molecule has 0 unspecified atom stereocenters. The summed E-state index contributed by atoms with van der Waals surface area (Å²) in [6, 6.07) is 8.98. The molecular weight excluding hydrogens is 429 g/mol. The molecule has 1 aromatic heterocycles. The van der Waals surface area contributed by atoms with E-state index in [2.05, 4.69) is 16.5 Å². The molecule has 1 aliphatic carbocycles. The fourth-order valence-electron chi connectivity index (χ4n) is 4.80. The Bertz CT molecular complexity index is 994. The summed E-state index contributed by atoms with van der Waals surface area (Å²) in [6.45, 7) is 7.91. The minimum Gasteiger partial charge on any atom is -0.513 e. The van der Waals surface area contributed by atoms with Gasteiger partial charge < -0.3 is 9.84 Å². The van der Waals surface area contributed by atoms with Crippen molar-refractivity contribution < 1.29 is 23.0 Å². The first-order valence-corrected chi connectivity index (χ1v) is 11.6. The zero-order valence-corrected chi connectivity index (χ0v) is 19.0. The van der Waals surface area contributed by atoms with Gasteiger partial charge >= 0.3 is 6.18 Å². The van der Waals surface area contributed by atoms with Crippen molar-refractivity contribution in [3.05, 3.63) is 70.7 Å². The Kier molecular flexibility index (Phi) is 6.98. The van der Waals surface area contributed by atoms with Gasteiger partial charge in [-0.15, -0.1) is 0 Å². The standard InChI is InChI=1S/C26H31F3N2O2/c1-17-12-23(10-8-20(17)13-31-14-21(15-31)18(2)32)33-16-22-9-11-24(19-6-4-3-5-7-19)25(30-22)26(27,28)29/h8-12,19,21,32H,2-7,13-16H2,1H3. The summed E-state index contributed by atoms with van der Waals surface area (Å²) < 4.78 is 47.0. The van der Waals surface area contributed by atoms with Gasteiger partial charge in [-0.3, -0.25) is 4.90 Å². The van der Waals surface area contributed by atoms with E-state index in [-0.39, 0.29) is 29.9 Å². The SMILES string of the molecule is C=C(O)C1CN(Cc2ccc(OCc3ccc(C4CCCCC4)c(C(F)(F)F)n3)cc2C)C1. The van der Waals surface area contributed by atoms with Crippen LogP contribution in [0.5, 0.6) is 5.75 Å². The molecule has 0 spiro atoms. The van der Waals surface area contributed by atoms with Crippen LogP contribution in [0.3, 0.4) is 0 Å². The first kappa shape index (κ1) is 23.6. The molecule has 1 saturated carbocycles. The highest BCUT2D eigenvalue weighted by atomic mass is 19.4. The molecular formula is C26H31F3N2O2. The van der Waals surface area contributed by atoms with Crippen LogP contribution in [-0.2, 0) is 19.3 Å². The van der Waals surface area contributed by atoms with Crippen molar-refractivity contribution in [1.82, 2.24) is 9.88 Å². The van der Waals surface area contributed by atoms with Crippen LogP contribution >= 0.6 is 0 Å². The Labute approximate surface area is 193 Å². The molecule has 4 rings (SSSR count). The minimum absolute atomic E-state index is 0.0147. The topological polar surface area (TPSA) is 45.6 Å². The third-order valence-electron chi connectivity index (χ3n) is 6.82. The number of pyridine rings is 1. The molecule has 33 heavy (non-hydrogen) atoms. The number of aliphatic hydroxyl groups excluding tert-OH is 1. The van der Waals surface area contributed by atoms with E-state index < -0.39 is 11.9 Å². The molecule has 178 valence electrons. The van der Waals surface area contributed by atoms with Crippen LogP contribution in [0.4, 0.5) is 13.2 Å². The maximum Gasteiger partial charge on any atom is 0.433 e. The molecule has 2 fully saturated rings. The number of alkyl halides is 3. The second-order valence-corrected chi connectivity index (χ2v) is 9.33. The van der Waals surface area contributed by atoms with E-state index in [9.17, 15) is 18.3 Å². The third kappa shape index (κ3) is 5.69. The monoisotopic (exact) mass is 460 g/mol. The zero-order valence-electron chi connectivity index (χ0n) is 19.0. The van der Waals surface area contributed by atoms with E-state index in [1.165, 1.54) is 0 Å². The number of rotatable bonds is 7. The lowest BCUT2D eigenvalue weighted by Gasteiger charge is -2.38. The predicted octanol–water partition coefficient (Wildman–Crippen LogP) is 6.54. The van der Waals surface area contributed by atoms with Crippen LogP contribution < -0.4 is 4.74 Å². The van der Waals surface area contributed by atoms with E-state index in [0.717, 1.165) is 62.9 Å². The fourth-order valence-corrected chi connectivity index (χ4v) is 4.80. The average Bonchev–Trinajstić information content (AvgIpc) is 2.75. The van der Waals surface area contributed by atoms with Crippen molar-refractivity contribution in [3.8, 4) is 5.75 Å². The number of aryl methyl sites for hydroxylation is 1. The minimum atomic E-state index is -4.47. The van der Waals surface area contributed by atoms with Crippen LogP contribution in [0.2, 0.25) is 0 Å². The Hall–Kier alpha value is -2.54. The number of hydrogen-bond donors (Lipinski definition) is 1. The van der Waals surface area contributed by atoms with E-state index >= 15 is 0 Å². The molecule has 0 amide bonds. The zero-order chi connectivity index (χ0) is 23.6. The highest BCUT2D eigenvalue weighted by molar-refractivity contribution is 5.35. The van der Waals surface area contributed by atoms with Crippen molar-refractivity contribution >= 4 is 0 Å². The first-order valence-electron chi connectivity index (χ1n) is 11.6. The summed E-state index contributed by atoms with van der Waals surface area (Å²) >= 11 is 0. The summed E-state index contributed by atoms with van der Waals surface area (Å²) in [4.78, 5) is 6.20. The molecule has 1 N–H and O–H groups in total. The van der Waals surface area contributed by atoms with Gasteiger partial charge in [0, 0.05) is 25.6 Å². The molecule has 1 aromatic carbocycles. The van der Waals surface area contributed by atoms with Crippen molar-refractivity contribution in [3.63, 3.8) is 0 Å². The third-order valence-corrected chi connectivity index (χ3v) is 6.82. The molecule has 0 atom stereocenters. The molecule has 7 heteroatoms. The molecule has 2 heterocycles. The number of aromatic nitrogens is 1. The number of likely N-dealkylation sites (tertiary alicyclic amines) is 1. The largest absolute Gasteiger partial charge is 0.513 e. The van der Waals surface area contributed by atoms with Crippen molar-refractivity contribution in [2.45, 2.75) is 64.3 Å². The predicted molar refractivity (Wildman–Crippen MR) is 121 cm³/mol. The van der Waals surface area contributed by atoms with Crippen LogP contribution in [0.15, 0.2) is 42.7 Å². The second-order valence-electron chi connectivity index (χ2n) is 9.33. The fraction of sp³-hybridized carbons (Fsp3) is 0.500. The van der Waals surface area contributed by atoms with Crippen LogP contribution in [-0.4, -0.2) is 28.1 Å². The molecule has 4 nitrogen and oxygen atoms in total. The summed E-state index contributed by atoms with van der Waals surface area (Å²) in [5, 5.41) is 9.44. The molecule has 1 aliphatic heterocycles. The van der Waals surface area contributed by atoms with Crippen molar-refractivity contribution in [2.24, 2.45) is 5.92 Å². The molecule has 1 saturated heterocycles. The summed E-state index contributed by atoms with van der Waals surface area (Å²) in [7, 11) is 0. The Morgan fingerprint density at radius 1 is 1.15 bits per heavy atom. The maximum absolute atomic E-state index is 13.7. The van der Waals surface area contributed by atoms with Gasteiger partial charge in [0.15, 0.2) is 0 Å².